The molecule has 28 heavy (non-hydrogen) atoms. The molecule has 1 N–H and O–H groups in total. The molecule has 1 aliphatic heterocycles. The lowest BCUT2D eigenvalue weighted by Gasteiger charge is -2.25. The average molecular weight is 400 g/mol. The van der Waals surface area contributed by atoms with Gasteiger partial charge >= 0.3 is 0 Å². The minimum Gasteiger partial charge on any atom is -0.507 e. The molecule has 0 spiro atoms. The van der Waals surface area contributed by atoms with Crippen molar-refractivity contribution in [2.24, 2.45) is 0 Å². The third-order valence-corrected chi connectivity index (χ3v) is 5.15. The van der Waals surface area contributed by atoms with Crippen molar-refractivity contribution in [3.05, 3.63) is 75.8 Å². The Hall–Kier alpha value is -2.63. The molecule has 0 aromatic heterocycles. The van der Waals surface area contributed by atoms with Gasteiger partial charge in [-0.1, -0.05) is 54.9 Å². The quantitative estimate of drug-likeness (QED) is 0.453. The summed E-state index contributed by atoms with van der Waals surface area (Å²) in [5.41, 5.74) is 2.39. The molecule has 1 unspecified atom stereocenters. The summed E-state index contributed by atoms with van der Waals surface area (Å²) in [4.78, 5) is 26.9. The zero-order valence-electron chi connectivity index (χ0n) is 15.8. The highest BCUT2D eigenvalue weighted by Gasteiger charge is 2.45. The summed E-state index contributed by atoms with van der Waals surface area (Å²) in [7, 11) is 1.53. The van der Waals surface area contributed by atoms with Crippen LogP contribution in [0, 0.1) is 0 Å². The van der Waals surface area contributed by atoms with Gasteiger partial charge in [0.05, 0.1) is 18.2 Å². The van der Waals surface area contributed by atoms with Gasteiger partial charge in [-0.25, -0.2) is 0 Å². The van der Waals surface area contributed by atoms with Gasteiger partial charge in [0.25, 0.3) is 11.7 Å². The number of aliphatic hydroxyl groups is 1. The molecular formula is C22H22ClNO4. The maximum Gasteiger partial charge on any atom is 0.295 e. The predicted molar refractivity (Wildman–Crippen MR) is 108 cm³/mol. The third-order valence-electron chi connectivity index (χ3n) is 4.90. The highest BCUT2D eigenvalue weighted by atomic mass is 35.5. The second-order valence-corrected chi connectivity index (χ2v) is 7.02. The predicted octanol–water partition coefficient (Wildman–Crippen LogP) is 3.97. The number of halogens is 1. The van der Waals surface area contributed by atoms with Crippen LogP contribution < -0.4 is 0 Å². The van der Waals surface area contributed by atoms with Crippen molar-refractivity contribution in [1.29, 1.82) is 0 Å². The molecule has 1 amide bonds. The molecular weight excluding hydrogens is 378 g/mol. The number of ketones is 1. The van der Waals surface area contributed by atoms with Crippen LogP contribution in [-0.2, 0) is 20.7 Å². The van der Waals surface area contributed by atoms with Gasteiger partial charge in [-0.2, -0.15) is 0 Å². The summed E-state index contributed by atoms with van der Waals surface area (Å²) < 4.78 is 5.09. The Balaban J connectivity index is 2.12. The molecule has 1 atom stereocenters. The number of carbonyl (C=O) groups excluding carboxylic acids is 2. The number of aliphatic hydroxyl groups excluding tert-OH is 1. The van der Waals surface area contributed by atoms with E-state index in [9.17, 15) is 14.7 Å². The number of carbonyl (C=O) groups is 2. The van der Waals surface area contributed by atoms with Crippen LogP contribution in [0.4, 0.5) is 0 Å². The summed E-state index contributed by atoms with van der Waals surface area (Å²) in [5.74, 6) is -1.53. The van der Waals surface area contributed by atoms with Gasteiger partial charge in [-0.3, -0.25) is 9.59 Å². The van der Waals surface area contributed by atoms with E-state index in [4.69, 9.17) is 16.3 Å². The molecule has 0 saturated carbocycles. The Morgan fingerprint density at radius 3 is 2.32 bits per heavy atom. The molecule has 1 heterocycles. The van der Waals surface area contributed by atoms with Crippen molar-refractivity contribution in [2.75, 3.05) is 20.3 Å². The van der Waals surface area contributed by atoms with Crippen molar-refractivity contribution >= 4 is 29.1 Å². The Bertz CT molecular complexity index is 903. The summed E-state index contributed by atoms with van der Waals surface area (Å²) in [6, 6.07) is 13.5. The summed E-state index contributed by atoms with van der Waals surface area (Å²) in [6.45, 7) is 2.55. The molecule has 5 nitrogen and oxygen atoms in total. The van der Waals surface area contributed by atoms with E-state index in [1.165, 1.54) is 12.0 Å². The van der Waals surface area contributed by atoms with Gasteiger partial charge in [-0.15, -0.1) is 0 Å². The summed E-state index contributed by atoms with van der Waals surface area (Å²) >= 11 is 5.99. The average Bonchev–Trinajstić information content (AvgIpc) is 2.97. The monoisotopic (exact) mass is 399 g/mol. The molecule has 2 aromatic rings. The fraction of sp³-hybridized carbons (Fsp3) is 0.273. The molecule has 0 radical (unpaired) electrons. The molecule has 2 aromatic carbocycles. The maximum absolute atomic E-state index is 12.8. The highest BCUT2D eigenvalue weighted by Crippen LogP contribution is 2.39. The number of Topliss-reactive ketones (excluding diaryl/α,β-unsaturated/α-hetero) is 1. The van der Waals surface area contributed by atoms with E-state index in [1.807, 2.05) is 19.1 Å². The second-order valence-electron chi connectivity index (χ2n) is 6.59. The highest BCUT2D eigenvalue weighted by molar-refractivity contribution is 6.46. The first-order valence-corrected chi connectivity index (χ1v) is 9.47. The molecule has 1 aliphatic rings. The number of ether oxygens (including phenoxy) is 1. The Morgan fingerprint density at radius 2 is 1.75 bits per heavy atom. The van der Waals surface area contributed by atoms with Crippen molar-refractivity contribution in [3.8, 4) is 0 Å². The second kappa shape index (κ2) is 8.59. The lowest BCUT2D eigenvalue weighted by atomic mass is 9.95. The standard InChI is InChI=1S/C22H22ClNO4/c1-3-14-4-6-16(7-5-14)20(25)18-19(15-8-10-17(23)11-9-15)24(12-13-28-2)22(27)21(18)26/h4-11,19,25H,3,12-13H2,1-2H3/b20-18-. The van der Waals surface area contributed by atoms with Gasteiger partial charge in [-0.05, 0) is 29.7 Å². The Kier molecular flexibility index (Phi) is 6.17. The van der Waals surface area contributed by atoms with Gasteiger partial charge in [0.2, 0.25) is 0 Å². The molecule has 0 bridgehead atoms. The number of nitrogens with zero attached hydrogens (tertiary/aromatic N) is 1. The van der Waals surface area contributed by atoms with Crippen LogP contribution in [0.25, 0.3) is 5.76 Å². The van der Waals surface area contributed by atoms with E-state index in [-0.39, 0.29) is 24.5 Å². The van der Waals surface area contributed by atoms with Crippen molar-refractivity contribution in [3.63, 3.8) is 0 Å². The van der Waals surface area contributed by atoms with Crippen LogP contribution in [0.2, 0.25) is 5.02 Å². The van der Waals surface area contributed by atoms with Crippen LogP contribution in [0.1, 0.15) is 29.7 Å². The smallest absolute Gasteiger partial charge is 0.295 e. The molecule has 3 rings (SSSR count). The fourth-order valence-electron chi connectivity index (χ4n) is 3.35. The zero-order chi connectivity index (χ0) is 20.3. The number of amides is 1. The van der Waals surface area contributed by atoms with E-state index in [2.05, 4.69) is 0 Å². The summed E-state index contributed by atoms with van der Waals surface area (Å²) in [5, 5.41) is 11.5. The third kappa shape index (κ3) is 3.81. The molecule has 0 aliphatic carbocycles. The lowest BCUT2D eigenvalue weighted by Crippen LogP contribution is -2.32. The number of hydrogen-bond donors (Lipinski definition) is 1. The molecule has 1 saturated heterocycles. The number of rotatable bonds is 6. The topological polar surface area (TPSA) is 66.8 Å². The van der Waals surface area contributed by atoms with E-state index < -0.39 is 17.7 Å². The van der Waals surface area contributed by atoms with Gasteiger partial charge < -0.3 is 14.7 Å². The first-order chi connectivity index (χ1) is 13.5. The minimum atomic E-state index is -0.701. The largest absolute Gasteiger partial charge is 0.507 e. The first-order valence-electron chi connectivity index (χ1n) is 9.10. The van der Waals surface area contributed by atoms with E-state index in [1.54, 1.807) is 36.4 Å². The minimum absolute atomic E-state index is 0.0765. The molecule has 146 valence electrons. The number of benzene rings is 2. The van der Waals surface area contributed by atoms with Gasteiger partial charge in [0, 0.05) is 24.2 Å². The van der Waals surface area contributed by atoms with E-state index >= 15 is 0 Å². The van der Waals surface area contributed by atoms with Crippen molar-refractivity contribution in [2.45, 2.75) is 19.4 Å². The van der Waals surface area contributed by atoms with E-state index in [0.29, 0.717) is 16.1 Å². The molecule has 1 fully saturated rings. The van der Waals surface area contributed by atoms with Crippen molar-refractivity contribution < 1.29 is 19.4 Å². The van der Waals surface area contributed by atoms with Gasteiger partial charge in [0.1, 0.15) is 5.76 Å². The van der Waals surface area contributed by atoms with Crippen molar-refractivity contribution in [1.82, 2.24) is 4.90 Å². The number of likely N-dealkylation sites (tertiary alicyclic amines) is 1. The van der Waals surface area contributed by atoms with Crippen LogP contribution in [0.3, 0.4) is 0 Å². The van der Waals surface area contributed by atoms with Crippen LogP contribution in [0.15, 0.2) is 54.1 Å². The Morgan fingerprint density at radius 1 is 1.11 bits per heavy atom. The van der Waals surface area contributed by atoms with Gasteiger partial charge in [0.15, 0.2) is 0 Å². The summed E-state index contributed by atoms with van der Waals surface area (Å²) in [6.07, 6.45) is 0.868. The van der Waals surface area contributed by atoms with E-state index in [0.717, 1.165) is 12.0 Å². The SMILES string of the molecule is CCc1ccc(/C(O)=C2/C(=O)C(=O)N(CCOC)C2c2ccc(Cl)cc2)cc1. The molecule has 6 heteroatoms. The number of aryl methyl sites for hydroxylation is 1. The maximum atomic E-state index is 12.8. The number of methoxy groups -OCH3 is 1. The zero-order valence-corrected chi connectivity index (χ0v) is 16.6. The van der Waals surface area contributed by atoms with Crippen LogP contribution in [0.5, 0.6) is 0 Å². The Labute approximate surface area is 169 Å². The van der Waals surface area contributed by atoms with Crippen LogP contribution >= 0.6 is 11.6 Å². The lowest BCUT2D eigenvalue weighted by molar-refractivity contribution is -0.140. The first kappa shape index (κ1) is 20.1. The normalized spacial score (nSPS) is 18.7. The number of hydrogen-bond acceptors (Lipinski definition) is 4. The fourth-order valence-corrected chi connectivity index (χ4v) is 3.47. The van der Waals surface area contributed by atoms with Crippen LogP contribution in [-0.4, -0.2) is 42.0 Å².